The van der Waals surface area contributed by atoms with Crippen LogP contribution in [0.15, 0.2) is 64.1 Å². The summed E-state index contributed by atoms with van der Waals surface area (Å²) < 4.78 is 28.4. The molecule has 1 aliphatic heterocycles. The van der Waals surface area contributed by atoms with E-state index in [0.717, 1.165) is 41.7 Å². The first-order valence-electron chi connectivity index (χ1n) is 8.51. The highest BCUT2D eigenvalue weighted by Crippen LogP contribution is 2.31. The minimum atomic E-state index is -3.63. The number of anilines is 1. The molecular weight excluding hydrogens is 414 g/mol. The van der Waals surface area contributed by atoms with Crippen LogP contribution in [0.4, 0.5) is 5.69 Å². The summed E-state index contributed by atoms with van der Waals surface area (Å²) in [5, 5.41) is 0.970. The van der Waals surface area contributed by atoms with Crippen molar-refractivity contribution in [2.24, 2.45) is 0 Å². The summed E-state index contributed by atoms with van der Waals surface area (Å²) in [5.41, 5.74) is 1.81. The Morgan fingerprint density at radius 1 is 0.923 bits per heavy atom. The van der Waals surface area contributed by atoms with Crippen molar-refractivity contribution in [3.63, 3.8) is 0 Å². The summed E-state index contributed by atoms with van der Waals surface area (Å²) in [7, 11) is -1.50. The van der Waals surface area contributed by atoms with Crippen molar-refractivity contribution in [1.29, 1.82) is 0 Å². The Morgan fingerprint density at radius 3 is 2.31 bits per heavy atom. The molecule has 0 spiro atoms. The molecule has 0 bridgehead atoms. The van der Waals surface area contributed by atoms with E-state index in [0.29, 0.717) is 5.52 Å². The summed E-state index contributed by atoms with van der Waals surface area (Å²) in [6.45, 7) is 3.91. The van der Waals surface area contributed by atoms with Gasteiger partial charge >= 0.3 is 0 Å². The van der Waals surface area contributed by atoms with Crippen LogP contribution in [0, 0.1) is 0 Å². The van der Waals surface area contributed by atoms with Crippen molar-refractivity contribution in [3.8, 4) is 0 Å². The van der Waals surface area contributed by atoms with Crippen molar-refractivity contribution in [2.75, 3.05) is 38.1 Å². The van der Waals surface area contributed by atoms with Crippen LogP contribution in [0.25, 0.3) is 10.9 Å². The number of nitrogens with zero attached hydrogens (tertiary/aromatic N) is 3. The normalized spacial score (nSPS) is 16.3. The van der Waals surface area contributed by atoms with E-state index in [1.807, 2.05) is 18.2 Å². The van der Waals surface area contributed by atoms with Gasteiger partial charge in [0.2, 0.25) is 0 Å². The van der Waals surface area contributed by atoms with Crippen LogP contribution in [-0.2, 0) is 10.0 Å². The van der Waals surface area contributed by atoms with Crippen LogP contribution in [-0.4, -0.2) is 50.5 Å². The molecule has 2 aromatic carbocycles. The smallest absolute Gasteiger partial charge is 0.268 e. The van der Waals surface area contributed by atoms with Gasteiger partial charge in [0, 0.05) is 47.9 Å². The number of rotatable bonds is 3. The summed E-state index contributed by atoms with van der Waals surface area (Å²) in [6.07, 6.45) is 1.65. The van der Waals surface area contributed by atoms with Crippen molar-refractivity contribution >= 4 is 42.5 Å². The predicted molar refractivity (Wildman–Crippen MR) is 108 cm³/mol. The molecular formula is C19H20BrN3O2S. The van der Waals surface area contributed by atoms with E-state index in [1.54, 1.807) is 30.5 Å². The van der Waals surface area contributed by atoms with Crippen LogP contribution >= 0.6 is 15.9 Å². The average Bonchev–Trinajstić information content (AvgIpc) is 3.08. The first-order chi connectivity index (χ1) is 12.5. The molecule has 26 heavy (non-hydrogen) atoms. The molecule has 2 heterocycles. The van der Waals surface area contributed by atoms with Gasteiger partial charge in [-0.1, -0.05) is 22.0 Å². The summed E-state index contributed by atoms with van der Waals surface area (Å²) in [5.74, 6) is 0. The lowest BCUT2D eigenvalue weighted by molar-refractivity contribution is 0.313. The highest BCUT2D eigenvalue weighted by molar-refractivity contribution is 9.10. The number of benzene rings is 2. The third-order valence-corrected chi connectivity index (χ3v) is 7.12. The minimum Gasteiger partial charge on any atom is -0.368 e. The molecule has 1 aromatic heterocycles. The zero-order valence-corrected chi connectivity index (χ0v) is 16.9. The SMILES string of the molecule is CN1CCN(c2cccc3c2ccn3S(=O)(=O)c2ccc(Br)cc2)CC1. The fourth-order valence-corrected chi connectivity index (χ4v) is 4.99. The maximum Gasteiger partial charge on any atom is 0.268 e. The number of hydrogen-bond acceptors (Lipinski definition) is 4. The van der Waals surface area contributed by atoms with Gasteiger partial charge in [0.1, 0.15) is 0 Å². The van der Waals surface area contributed by atoms with Crippen molar-refractivity contribution in [3.05, 3.63) is 59.2 Å². The second kappa shape index (κ2) is 6.72. The van der Waals surface area contributed by atoms with Gasteiger partial charge in [0.05, 0.1) is 10.4 Å². The van der Waals surface area contributed by atoms with E-state index in [1.165, 1.54) is 3.97 Å². The van der Waals surface area contributed by atoms with E-state index in [9.17, 15) is 8.42 Å². The maximum absolute atomic E-state index is 13.1. The largest absolute Gasteiger partial charge is 0.368 e. The maximum atomic E-state index is 13.1. The third kappa shape index (κ3) is 3.04. The Morgan fingerprint density at radius 2 is 1.62 bits per heavy atom. The molecule has 4 rings (SSSR count). The molecule has 0 N–H and O–H groups in total. The lowest BCUT2D eigenvalue weighted by Gasteiger charge is -2.34. The topological polar surface area (TPSA) is 45.5 Å². The van der Waals surface area contributed by atoms with E-state index in [4.69, 9.17) is 0 Å². The van der Waals surface area contributed by atoms with Gasteiger partial charge in [0.15, 0.2) is 0 Å². The molecule has 0 unspecified atom stereocenters. The van der Waals surface area contributed by atoms with Gasteiger partial charge in [-0.25, -0.2) is 12.4 Å². The third-order valence-electron chi connectivity index (χ3n) is 4.89. The molecule has 1 saturated heterocycles. The molecule has 1 fully saturated rings. The van der Waals surface area contributed by atoms with Crippen molar-refractivity contribution in [2.45, 2.75) is 4.90 Å². The minimum absolute atomic E-state index is 0.281. The fourth-order valence-electron chi connectivity index (χ4n) is 3.38. The molecule has 0 saturated carbocycles. The molecule has 7 heteroatoms. The Hall–Kier alpha value is -1.83. The molecule has 136 valence electrons. The number of piperazine rings is 1. The molecule has 3 aromatic rings. The number of fused-ring (bicyclic) bond motifs is 1. The van der Waals surface area contributed by atoms with Crippen LogP contribution in [0.3, 0.4) is 0 Å². The van der Waals surface area contributed by atoms with Gasteiger partial charge < -0.3 is 9.80 Å². The Kier molecular flexibility index (Phi) is 4.54. The quantitative estimate of drug-likeness (QED) is 0.634. The number of hydrogen-bond donors (Lipinski definition) is 0. The molecule has 0 atom stereocenters. The van der Waals surface area contributed by atoms with Crippen LogP contribution in [0.1, 0.15) is 0 Å². The van der Waals surface area contributed by atoms with Crippen LogP contribution in [0.5, 0.6) is 0 Å². The fraction of sp³-hybridized carbons (Fsp3) is 0.263. The van der Waals surface area contributed by atoms with Gasteiger partial charge in [0.25, 0.3) is 10.0 Å². The van der Waals surface area contributed by atoms with E-state index >= 15 is 0 Å². The first-order valence-corrected chi connectivity index (χ1v) is 10.7. The Balaban J connectivity index is 1.78. The zero-order chi connectivity index (χ0) is 18.3. The second-order valence-corrected chi connectivity index (χ2v) is 9.30. The number of aromatic nitrogens is 1. The second-order valence-electron chi connectivity index (χ2n) is 6.57. The highest BCUT2D eigenvalue weighted by Gasteiger charge is 2.22. The van der Waals surface area contributed by atoms with Gasteiger partial charge in [-0.3, -0.25) is 0 Å². The highest BCUT2D eigenvalue weighted by atomic mass is 79.9. The Labute approximate surface area is 162 Å². The molecule has 1 aliphatic rings. The summed E-state index contributed by atoms with van der Waals surface area (Å²) >= 11 is 3.35. The summed E-state index contributed by atoms with van der Waals surface area (Å²) in [6, 6.07) is 14.5. The molecule has 5 nitrogen and oxygen atoms in total. The number of halogens is 1. The number of likely N-dealkylation sites (N-methyl/N-ethyl adjacent to an activating group) is 1. The zero-order valence-electron chi connectivity index (χ0n) is 14.5. The van der Waals surface area contributed by atoms with E-state index in [-0.39, 0.29) is 4.90 Å². The average molecular weight is 434 g/mol. The summed E-state index contributed by atoms with van der Waals surface area (Å²) in [4.78, 5) is 4.92. The first kappa shape index (κ1) is 17.6. The lowest BCUT2D eigenvalue weighted by Crippen LogP contribution is -2.44. The van der Waals surface area contributed by atoms with Crippen molar-refractivity contribution < 1.29 is 8.42 Å². The van der Waals surface area contributed by atoms with Gasteiger partial charge in [-0.05, 0) is 49.5 Å². The van der Waals surface area contributed by atoms with Gasteiger partial charge in [-0.15, -0.1) is 0 Å². The van der Waals surface area contributed by atoms with E-state index < -0.39 is 10.0 Å². The van der Waals surface area contributed by atoms with Crippen molar-refractivity contribution in [1.82, 2.24) is 8.87 Å². The van der Waals surface area contributed by atoms with Crippen LogP contribution < -0.4 is 4.90 Å². The Bertz CT molecular complexity index is 1040. The van der Waals surface area contributed by atoms with Crippen LogP contribution in [0.2, 0.25) is 0 Å². The van der Waals surface area contributed by atoms with E-state index in [2.05, 4.69) is 38.8 Å². The standard InChI is InChI=1S/C19H20BrN3O2S/c1-21-11-13-22(14-12-21)18-3-2-4-19-17(18)9-10-23(19)26(24,25)16-7-5-15(20)6-8-16/h2-10H,11-14H2,1H3. The molecule has 0 radical (unpaired) electrons. The molecule has 0 amide bonds. The van der Waals surface area contributed by atoms with Gasteiger partial charge in [-0.2, -0.15) is 0 Å². The lowest BCUT2D eigenvalue weighted by atomic mass is 10.2. The molecule has 0 aliphatic carbocycles. The monoisotopic (exact) mass is 433 g/mol. The predicted octanol–water partition coefficient (Wildman–Crippen LogP) is 3.39.